The molecule has 0 bridgehead atoms. The number of hydrogen-bond acceptors (Lipinski definition) is 3. The van der Waals surface area contributed by atoms with Crippen LogP contribution in [0.3, 0.4) is 0 Å². The van der Waals surface area contributed by atoms with Crippen LogP contribution in [-0.2, 0) is 0 Å². The van der Waals surface area contributed by atoms with E-state index in [2.05, 4.69) is 11.9 Å². The van der Waals surface area contributed by atoms with E-state index in [9.17, 15) is 4.79 Å². The number of likely N-dealkylation sites (tertiary alicyclic amines) is 1. The minimum Gasteiger partial charge on any atom is -0.334 e. The third-order valence-electron chi connectivity index (χ3n) is 4.39. The lowest BCUT2D eigenvalue weighted by Crippen LogP contribution is -2.47. The number of aromatic nitrogens is 1. The molecule has 1 amide bonds. The zero-order valence-electron chi connectivity index (χ0n) is 12.3. The van der Waals surface area contributed by atoms with Crippen LogP contribution in [0.15, 0.2) is 36.4 Å². The number of nitrogens with zero attached hydrogens (tertiary/aromatic N) is 2. The first-order valence-electron chi connectivity index (χ1n) is 7.56. The highest BCUT2D eigenvalue weighted by molar-refractivity contribution is 5.95. The van der Waals surface area contributed by atoms with Gasteiger partial charge in [-0.25, -0.2) is 4.98 Å². The van der Waals surface area contributed by atoms with Gasteiger partial charge >= 0.3 is 0 Å². The maximum atomic E-state index is 12.7. The Hall–Kier alpha value is -1.94. The minimum atomic E-state index is 0.0198. The highest BCUT2D eigenvalue weighted by Gasteiger charge is 2.29. The zero-order valence-corrected chi connectivity index (χ0v) is 12.3. The van der Waals surface area contributed by atoms with E-state index in [0.29, 0.717) is 18.2 Å². The standard InChI is InChI=1S/C17H21N3O/c1-12-6-7-13(10-18)11-20(12)17(21)16-9-8-14-4-2-3-5-15(14)19-16/h2-5,8-9,12-13H,6-7,10-11,18H2,1H3. The number of carbonyl (C=O) groups is 1. The Kier molecular flexibility index (Phi) is 3.88. The molecule has 4 nitrogen and oxygen atoms in total. The van der Waals surface area contributed by atoms with Crippen LogP contribution in [0.1, 0.15) is 30.3 Å². The fraction of sp³-hybridized carbons (Fsp3) is 0.412. The molecule has 1 aliphatic heterocycles. The number of piperidine rings is 1. The summed E-state index contributed by atoms with van der Waals surface area (Å²) in [4.78, 5) is 19.2. The topological polar surface area (TPSA) is 59.2 Å². The van der Waals surface area contributed by atoms with Crippen molar-refractivity contribution in [2.75, 3.05) is 13.1 Å². The Bertz CT molecular complexity index is 655. The Morgan fingerprint density at radius 1 is 1.29 bits per heavy atom. The summed E-state index contributed by atoms with van der Waals surface area (Å²) in [6.45, 7) is 3.48. The van der Waals surface area contributed by atoms with Crippen LogP contribution in [0, 0.1) is 5.92 Å². The van der Waals surface area contributed by atoms with Crippen molar-refractivity contribution in [1.29, 1.82) is 0 Å². The molecular formula is C17H21N3O. The Morgan fingerprint density at radius 2 is 2.10 bits per heavy atom. The first kappa shape index (κ1) is 14.0. The van der Waals surface area contributed by atoms with E-state index < -0.39 is 0 Å². The van der Waals surface area contributed by atoms with Gasteiger partial charge in [0.25, 0.3) is 5.91 Å². The van der Waals surface area contributed by atoms with Crippen molar-refractivity contribution in [3.05, 3.63) is 42.1 Å². The molecule has 2 atom stereocenters. The average Bonchev–Trinajstić information content (AvgIpc) is 2.54. The summed E-state index contributed by atoms with van der Waals surface area (Å²) in [6, 6.07) is 11.9. The Labute approximate surface area is 125 Å². The first-order chi connectivity index (χ1) is 10.2. The fourth-order valence-corrected chi connectivity index (χ4v) is 2.99. The van der Waals surface area contributed by atoms with Crippen molar-refractivity contribution in [2.24, 2.45) is 11.7 Å². The molecule has 4 heteroatoms. The molecule has 0 aliphatic carbocycles. The molecule has 1 aromatic carbocycles. The van der Waals surface area contributed by atoms with E-state index in [4.69, 9.17) is 5.73 Å². The molecule has 0 saturated carbocycles. The summed E-state index contributed by atoms with van der Waals surface area (Å²) in [7, 11) is 0. The summed E-state index contributed by atoms with van der Waals surface area (Å²) < 4.78 is 0. The highest BCUT2D eigenvalue weighted by Crippen LogP contribution is 2.23. The second kappa shape index (κ2) is 5.82. The van der Waals surface area contributed by atoms with Gasteiger partial charge in [0.2, 0.25) is 0 Å². The van der Waals surface area contributed by atoms with E-state index >= 15 is 0 Å². The van der Waals surface area contributed by atoms with Crippen molar-refractivity contribution >= 4 is 16.8 Å². The molecule has 1 saturated heterocycles. The van der Waals surface area contributed by atoms with E-state index in [1.807, 2.05) is 41.3 Å². The van der Waals surface area contributed by atoms with Crippen LogP contribution in [0.5, 0.6) is 0 Å². The molecule has 110 valence electrons. The van der Waals surface area contributed by atoms with Crippen molar-refractivity contribution in [1.82, 2.24) is 9.88 Å². The zero-order chi connectivity index (χ0) is 14.8. The summed E-state index contributed by atoms with van der Waals surface area (Å²) in [5, 5.41) is 1.06. The highest BCUT2D eigenvalue weighted by atomic mass is 16.2. The number of pyridine rings is 1. The van der Waals surface area contributed by atoms with Gasteiger partial charge in [-0.2, -0.15) is 0 Å². The minimum absolute atomic E-state index is 0.0198. The number of nitrogens with two attached hydrogens (primary N) is 1. The van der Waals surface area contributed by atoms with E-state index in [1.165, 1.54) is 0 Å². The molecule has 21 heavy (non-hydrogen) atoms. The number of rotatable bonds is 2. The van der Waals surface area contributed by atoms with Crippen LogP contribution in [0.4, 0.5) is 0 Å². The van der Waals surface area contributed by atoms with Gasteiger partial charge in [-0.05, 0) is 44.4 Å². The van der Waals surface area contributed by atoms with Crippen LogP contribution >= 0.6 is 0 Å². The molecule has 2 N–H and O–H groups in total. The second-order valence-electron chi connectivity index (χ2n) is 5.87. The van der Waals surface area contributed by atoms with E-state index in [-0.39, 0.29) is 11.9 Å². The molecule has 1 aromatic heterocycles. The number of hydrogen-bond donors (Lipinski definition) is 1. The largest absolute Gasteiger partial charge is 0.334 e. The van der Waals surface area contributed by atoms with E-state index in [1.54, 1.807) is 0 Å². The van der Waals surface area contributed by atoms with Crippen molar-refractivity contribution in [3.8, 4) is 0 Å². The van der Waals surface area contributed by atoms with Gasteiger partial charge in [0, 0.05) is 18.0 Å². The maximum Gasteiger partial charge on any atom is 0.272 e. The third-order valence-corrected chi connectivity index (χ3v) is 4.39. The SMILES string of the molecule is CC1CCC(CN)CN1C(=O)c1ccc2ccccc2n1. The van der Waals surface area contributed by atoms with Crippen molar-refractivity contribution in [2.45, 2.75) is 25.8 Å². The fourth-order valence-electron chi connectivity index (χ4n) is 2.99. The van der Waals surface area contributed by atoms with Crippen molar-refractivity contribution in [3.63, 3.8) is 0 Å². The molecule has 0 radical (unpaired) electrons. The van der Waals surface area contributed by atoms with Gasteiger partial charge in [-0.3, -0.25) is 4.79 Å². The molecular weight excluding hydrogens is 262 g/mol. The summed E-state index contributed by atoms with van der Waals surface area (Å²) in [5.74, 6) is 0.428. The van der Waals surface area contributed by atoms with Gasteiger partial charge in [0.05, 0.1) is 5.52 Å². The van der Waals surface area contributed by atoms with Crippen molar-refractivity contribution < 1.29 is 4.79 Å². The van der Waals surface area contributed by atoms with Crippen LogP contribution in [-0.4, -0.2) is 34.9 Å². The van der Waals surface area contributed by atoms with Gasteiger partial charge in [-0.1, -0.05) is 24.3 Å². The second-order valence-corrected chi connectivity index (χ2v) is 5.87. The normalized spacial score (nSPS) is 22.5. The molecule has 0 spiro atoms. The first-order valence-corrected chi connectivity index (χ1v) is 7.56. The third kappa shape index (κ3) is 2.76. The summed E-state index contributed by atoms with van der Waals surface area (Å²) in [6.07, 6.45) is 2.12. The molecule has 3 rings (SSSR count). The number of benzene rings is 1. The summed E-state index contributed by atoms with van der Waals surface area (Å²) in [5.41, 5.74) is 7.16. The lowest BCUT2D eigenvalue weighted by atomic mass is 9.93. The lowest BCUT2D eigenvalue weighted by molar-refractivity contribution is 0.0561. The number of amides is 1. The molecule has 2 unspecified atom stereocenters. The Balaban J connectivity index is 1.88. The van der Waals surface area contributed by atoms with Crippen LogP contribution in [0.25, 0.3) is 10.9 Å². The van der Waals surface area contributed by atoms with Gasteiger partial charge in [0.1, 0.15) is 5.69 Å². The predicted molar refractivity (Wildman–Crippen MR) is 84.0 cm³/mol. The smallest absolute Gasteiger partial charge is 0.272 e. The monoisotopic (exact) mass is 283 g/mol. The van der Waals surface area contributed by atoms with Crippen LogP contribution in [0.2, 0.25) is 0 Å². The number of carbonyl (C=O) groups excluding carboxylic acids is 1. The Morgan fingerprint density at radius 3 is 2.90 bits per heavy atom. The number of para-hydroxylation sites is 1. The maximum absolute atomic E-state index is 12.7. The average molecular weight is 283 g/mol. The summed E-state index contributed by atoms with van der Waals surface area (Å²) >= 11 is 0. The molecule has 1 fully saturated rings. The van der Waals surface area contributed by atoms with Gasteiger partial charge < -0.3 is 10.6 Å². The van der Waals surface area contributed by atoms with E-state index in [0.717, 1.165) is 30.3 Å². The molecule has 1 aliphatic rings. The lowest BCUT2D eigenvalue weighted by Gasteiger charge is -2.37. The quantitative estimate of drug-likeness (QED) is 0.921. The number of fused-ring (bicyclic) bond motifs is 1. The molecule has 2 heterocycles. The van der Waals surface area contributed by atoms with Gasteiger partial charge in [-0.15, -0.1) is 0 Å². The van der Waals surface area contributed by atoms with Crippen LogP contribution < -0.4 is 5.73 Å². The molecule has 2 aromatic rings. The van der Waals surface area contributed by atoms with Gasteiger partial charge in [0.15, 0.2) is 0 Å². The predicted octanol–water partition coefficient (Wildman–Crippen LogP) is 2.43.